The number of anilines is 1. The molecule has 1 aromatic rings. The minimum absolute atomic E-state index is 0.0932. The Morgan fingerprint density at radius 2 is 1.62 bits per heavy atom. The number of hydrogen-bond donors (Lipinski definition) is 3. The van der Waals surface area contributed by atoms with Crippen molar-refractivity contribution in [1.82, 2.24) is 9.55 Å². The molecule has 3 atom stereocenters. The maximum atomic E-state index is 14.5. The van der Waals surface area contributed by atoms with Gasteiger partial charge in [0.1, 0.15) is 12.2 Å². The summed E-state index contributed by atoms with van der Waals surface area (Å²) >= 11 is 0. The highest BCUT2D eigenvalue weighted by Gasteiger charge is 2.39. The minimum atomic E-state index is -1.20. The maximum absolute atomic E-state index is 14.5. The summed E-state index contributed by atoms with van der Waals surface area (Å²) < 4.78 is 25.7. The van der Waals surface area contributed by atoms with Crippen molar-refractivity contribution >= 4 is 11.9 Å². The van der Waals surface area contributed by atoms with Gasteiger partial charge in [0.2, 0.25) is 0 Å². The second-order valence-corrected chi connectivity index (χ2v) is 9.71. The predicted molar refractivity (Wildman–Crippen MR) is 140 cm³/mol. The van der Waals surface area contributed by atoms with Crippen LogP contribution in [0, 0.1) is 5.82 Å². The van der Waals surface area contributed by atoms with E-state index in [1.807, 2.05) is 0 Å². The number of aliphatic hydroxyl groups is 2. The average Bonchev–Trinajstić information content (AvgIpc) is 3.16. The zero-order chi connectivity index (χ0) is 27.0. The van der Waals surface area contributed by atoms with E-state index >= 15 is 0 Å². The fraction of sp³-hybridized carbons (Fsp3) is 0.741. The van der Waals surface area contributed by atoms with Crippen molar-refractivity contribution in [2.24, 2.45) is 0 Å². The van der Waals surface area contributed by atoms with Crippen molar-refractivity contribution in [2.75, 3.05) is 18.5 Å². The molecule has 0 aromatic carbocycles. The highest BCUT2D eigenvalue weighted by Crippen LogP contribution is 2.32. The minimum Gasteiger partial charge on any atom is -0.449 e. The molecule has 1 aliphatic heterocycles. The van der Waals surface area contributed by atoms with Crippen LogP contribution in [-0.4, -0.2) is 51.3 Å². The molecule has 2 rings (SSSR count). The van der Waals surface area contributed by atoms with Gasteiger partial charge >= 0.3 is 11.8 Å². The normalized spacial score (nSPS) is 19.4. The van der Waals surface area contributed by atoms with Gasteiger partial charge in [0.15, 0.2) is 17.9 Å². The molecule has 0 saturated carbocycles. The van der Waals surface area contributed by atoms with E-state index in [9.17, 15) is 24.2 Å². The Bertz CT molecular complexity index is 893. The lowest BCUT2D eigenvalue weighted by molar-refractivity contribution is -0.0449. The van der Waals surface area contributed by atoms with Crippen molar-refractivity contribution in [2.45, 2.75) is 115 Å². The molecule has 1 amide bonds. The summed E-state index contributed by atoms with van der Waals surface area (Å²) in [7, 11) is 0. The van der Waals surface area contributed by atoms with Crippen LogP contribution in [0.25, 0.3) is 0 Å². The summed E-state index contributed by atoms with van der Waals surface area (Å²) in [6, 6.07) is 0. The predicted octanol–water partition coefficient (Wildman–Crippen LogP) is 5.22. The first-order chi connectivity index (χ1) is 17.9. The van der Waals surface area contributed by atoms with Gasteiger partial charge in [0.25, 0.3) is 0 Å². The summed E-state index contributed by atoms with van der Waals surface area (Å²) in [4.78, 5) is 27.9. The van der Waals surface area contributed by atoms with E-state index in [4.69, 9.17) is 9.47 Å². The molecule has 10 heteroatoms. The van der Waals surface area contributed by atoms with Crippen LogP contribution in [0.15, 0.2) is 23.1 Å². The van der Waals surface area contributed by atoms with Crippen molar-refractivity contribution in [3.63, 3.8) is 0 Å². The fourth-order valence-corrected chi connectivity index (χ4v) is 4.39. The Balaban J connectivity index is 1.58. The number of nitrogens with zero attached hydrogens (tertiary/aromatic N) is 2. The van der Waals surface area contributed by atoms with Gasteiger partial charge in [-0.25, -0.2) is 14.0 Å². The summed E-state index contributed by atoms with van der Waals surface area (Å²) in [6.07, 6.45) is 13.7. The monoisotopic (exact) mass is 525 g/mol. The van der Waals surface area contributed by atoms with E-state index in [0.29, 0.717) is 6.42 Å². The van der Waals surface area contributed by atoms with Gasteiger partial charge in [-0.2, -0.15) is 4.98 Å². The second-order valence-electron chi connectivity index (χ2n) is 9.71. The number of carbonyl (C=O) groups excluding carboxylic acids is 1. The number of nitrogens with one attached hydrogen (secondary N) is 1. The molecule has 1 saturated heterocycles. The van der Waals surface area contributed by atoms with Crippen LogP contribution in [0.5, 0.6) is 0 Å². The van der Waals surface area contributed by atoms with Crippen LogP contribution in [0.4, 0.5) is 15.0 Å². The number of aliphatic hydroxyl groups excluding tert-OH is 2. The van der Waals surface area contributed by atoms with E-state index in [-0.39, 0.29) is 12.2 Å². The lowest BCUT2D eigenvalue weighted by Crippen LogP contribution is -2.30. The topological polar surface area (TPSA) is 123 Å². The van der Waals surface area contributed by atoms with E-state index in [1.165, 1.54) is 70.6 Å². The average molecular weight is 526 g/mol. The Morgan fingerprint density at radius 1 is 1.08 bits per heavy atom. The summed E-state index contributed by atoms with van der Waals surface area (Å²) in [5.74, 6) is -1.54. The maximum Gasteiger partial charge on any atom is 0.412 e. The molecular formula is C27H44FN3O6. The third-order valence-corrected chi connectivity index (χ3v) is 6.64. The van der Waals surface area contributed by atoms with Crippen LogP contribution < -0.4 is 11.0 Å². The molecule has 210 valence electrons. The van der Waals surface area contributed by atoms with Gasteiger partial charge in [0.05, 0.1) is 19.4 Å². The van der Waals surface area contributed by atoms with Crippen molar-refractivity contribution in [3.8, 4) is 0 Å². The molecule has 2 heterocycles. The van der Waals surface area contributed by atoms with E-state index in [2.05, 4.69) is 23.8 Å². The number of hydrogen-bond acceptors (Lipinski definition) is 7. The largest absolute Gasteiger partial charge is 0.449 e. The van der Waals surface area contributed by atoms with Gasteiger partial charge in [-0.05, 0) is 6.42 Å². The van der Waals surface area contributed by atoms with E-state index in [0.717, 1.165) is 23.6 Å². The highest BCUT2D eigenvalue weighted by molar-refractivity contribution is 5.83. The van der Waals surface area contributed by atoms with Gasteiger partial charge < -0.3 is 19.7 Å². The Kier molecular flexibility index (Phi) is 14.4. The Labute approximate surface area is 219 Å². The van der Waals surface area contributed by atoms with Crippen LogP contribution in [0.3, 0.4) is 0 Å². The first-order valence-corrected chi connectivity index (χ1v) is 13.7. The van der Waals surface area contributed by atoms with Crippen molar-refractivity contribution < 1.29 is 28.9 Å². The van der Waals surface area contributed by atoms with Crippen molar-refractivity contribution in [1.29, 1.82) is 0 Å². The molecule has 1 aromatic heterocycles. The SMILES string of the molecule is C=C1[C@H](n2cc(F)c(NC(=O)OCCCCCCCCCCCCCCCC)nc2=O)O[C@H](CO)[C@H]1O. The Morgan fingerprint density at radius 3 is 2.14 bits per heavy atom. The first kappa shape index (κ1) is 30.9. The second kappa shape index (κ2) is 17.3. The zero-order valence-electron chi connectivity index (χ0n) is 22.1. The molecule has 0 aliphatic carbocycles. The lowest BCUT2D eigenvalue weighted by atomic mass is 10.0. The van der Waals surface area contributed by atoms with Gasteiger partial charge in [-0.3, -0.25) is 9.88 Å². The molecule has 9 nitrogen and oxygen atoms in total. The molecule has 0 bridgehead atoms. The van der Waals surface area contributed by atoms with Gasteiger partial charge in [-0.15, -0.1) is 0 Å². The van der Waals surface area contributed by atoms with Crippen LogP contribution in [0.1, 0.15) is 103 Å². The Hall–Kier alpha value is -2.30. The number of halogens is 1. The smallest absolute Gasteiger partial charge is 0.412 e. The highest BCUT2D eigenvalue weighted by atomic mass is 19.1. The molecule has 0 radical (unpaired) electrons. The quantitative estimate of drug-likeness (QED) is 0.177. The number of unbranched alkanes of at least 4 members (excludes halogenated alkanes) is 13. The lowest BCUT2D eigenvalue weighted by Gasteiger charge is -2.15. The number of amides is 1. The molecule has 37 heavy (non-hydrogen) atoms. The molecule has 0 spiro atoms. The zero-order valence-corrected chi connectivity index (χ0v) is 22.1. The molecular weight excluding hydrogens is 481 g/mol. The summed E-state index contributed by atoms with van der Waals surface area (Å²) in [5, 5.41) is 21.3. The van der Waals surface area contributed by atoms with Gasteiger partial charge in [0, 0.05) is 5.57 Å². The summed E-state index contributed by atoms with van der Waals surface area (Å²) in [5.41, 5.74) is -0.823. The standard InChI is InChI=1S/C27H44FN3O6/c1-3-4-5-6-7-8-9-10-11-12-13-14-15-16-17-36-27(35)30-24-21(28)18-31(26(34)29-24)25-20(2)23(33)22(19-32)37-25/h18,22-23,25,32-33H,2-17,19H2,1H3,(H,29,30,34,35)/t22-,23+,25-/m1/s1. The van der Waals surface area contributed by atoms with Crippen LogP contribution in [-0.2, 0) is 9.47 Å². The molecule has 1 fully saturated rings. The first-order valence-electron chi connectivity index (χ1n) is 13.7. The third kappa shape index (κ3) is 10.5. The van der Waals surface area contributed by atoms with E-state index in [1.54, 1.807) is 0 Å². The number of rotatable bonds is 18. The van der Waals surface area contributed by atoms with Gasteiger partial charge in [-0.1, -0.05) is 97.0 Å². The fourth-order valence-electron chi connectivity index (χ4n) is 4.39. The number of carbonyl (C=O) groups is 1. The van der Waals surface area contributed by atoms with E-state index < -0.39 is 48.5 Å². The summed E-state index contributed by atoms with van der Waals surface area (Å²) in [6.45, 7) is 5.58. The molecule has 3 N–H and O–H groups in total. The molecule has 1 aliphatic rings. The molecule has 0 unspecified atom stereocenters. The number of ether oxygens (including phenoxy) is 2. The number of aromatic nitrogens is 2. The van der Waals surface area contributed by atoms with Crippen LogP contribution in [0.2, 0.25) is 0 Å². The third-order valence-electron chi connectivity index (χ3n) is 6.64. The van der Waals surface area contributed by atoms with Crippen molar-refractivity contribution in [3.05, 3.63) is 34.7 Å². The van der Waals surface area contributed by atoms with Crippen LogP contribution >= 0.6 is 0 Å².